The number of rotatable bonds is 8. The van der Waals surface area contributed by atoms with Crippen LogP contribution in [-0.2, 0) is 20.0 Å². The number of pyridine rings is 1. The highest BCUT2D eigenvalue weighted by Gasteiger charge is 2.35. The molecular formula is C24H29N5O5S2. The number of aromatic nitrogens is 4. The molecule has 1 fully saturated rings. The molecule has 0 amide bonds. The van der Waals surface area contributed by atoms with E-state index in [4.69, 9.17) is 0 Å². The first-order valence-corrected chi connectivity index (χ1v) is 15.0. The maximum absolute atomic E-state index is 13.3. The third-order valence-electron chi connectivity index (χ3n) is 6.67. The Balaban J connectivity index is 1.64. The summed E-state index contributed by atoms with van der Waals surface area (Å²) in [5.41, 5.74) is 1.39. The molecule has 5 rings (SSSR count). The summed E-state index contributed by atoms with van der Waals surface area (Å²) >= 11 is 0. The minimum atomic E-state index is -3.88. The Bertz CT molecular complexity index is 1630. The number of nitrogens with zero attached hydrogens (tertiary/aromatic N) is 5. The van der Waals surface area contributed by atoms with Crippen molar-refractivity contribution >= 4 is 42.1 Å². The maximum Gasteiger partial charge on any atom is 0.269 e. The Morgan fingerprint density at radius 3 is 2.58 bits per heavy atom. The van der Waals surface area contributed by atoms with E-state index in [0.717, 1.165) is 10.4 Å². The first-order chi connectivity index (χ1) is 17.1. The second kappa shape index (κ2) is 9.25. The van der Waals surface area contributed by atoms with Gasteiger partial charge in [0, 0.05) is 24.7 Å². The van der Waals surface area contributed by atoms with E-state index in [1.54, 1.807) is 31.2 Å². The second-order valence-corrected chi connectivity index (χ2v) is 13.0. The minimum absolute atomic E-state index is 0.110. The topological polar surface area (TPSA) is 127 Å². The van der Waals surface area contributed by atoms with E-state index in [1.165, 1.54) is 28.8 Å². The first-order valence-electron chi connectivity index (χ1n) is 12.0. The van der Waals surface area contributed by atoms with Crippen molar-refractivity contribution in [3.8, 4) is 0 Å². The van der Waals surface area contributed by atoms with Crippen molar-refractivity contribution in [2.24, 2.45) is 0 Å². The molecule has 0 spiro atoms. The fourth-order valence-corrected chi connectivity index (χ4v) is 7.88. The highest BCUT2D eigenvalue weighted by molar-refractivity contribution is 7.90. The van der Waals surface area contributed by atoms with Gasteiger partial charge in [-0.3, -0.25) is 0 Å². The Hall–Kier alpha value is -2.80. The van der Waals surface area contributed by atoms with Crippen LogP contribution in [0.1, 0.15) is 51.1 Å². The number of fused-ring (bicyclic) bond motifs is 3. The molecule has 192 valence electrons. The lowest BCUT2D eigenvalue weighted by Gasteiger charge is -2.20. The number of unbranched alkanes of at least 4 members (excludes halogenated alkanes) is 1. The quantitative estimate of drug-likeness (QED) is 0.370. The van der Waals surface area contributed by atoms with Crippen molar-refractivity contribution in [1.82, 2.24) is 22.8 Å². The summed E-state index contributed by atoms with van der Waals surface area (Å²) in [6.07, 6.45) is 4.02. The number of aliphatic hydroxyl groups excluding tert-OH is 1. The van der Waals surface area contributed by atoms with Gasteiger partial charge in [-0.05, 0) is 38.0 Å². The summed E-state index contributed by atoms with van der Waals surface area (Å²) in [4.78, 5) is 9.15. The highest BCUT2D eigenvalue weighted by Crippen LogP contribution is 2.35. The third kappa shape index (κ3) is 4.11. The lowest BCUT2D eigenvalue weighted by molar-refractivity contribution is 0.182. The van der Waals surface area contributed by atoms with E-state index in [9.17, 15) is 21.9 Å². The number of sulfonamides is 1. The van der Waals surface area contributed by atoms with Gasteiger partial charge in [0.25, 0.3) is 10.0 Å². The zero-order chi connectivity index (χ0) is 25.7. The molecule has 1 aliphatic heterocycles. The number of imidazole rings is 1. The SMILES string of the molecule is CCCCS(=O)(=O)N1CCC(n2c(C(C)O)nc3cnc4c(ccn4S(=O)(=O)c4ccccc4)c32)C1. The smallest absolute Gasteiger partial charge is 0.269 e. The van der Waals surface area contributed by atoms with Crippen molar-refractivity contribution in [2.75, 3.05) is 18.8 Å². The fraction of sp³-hybridized carbons (Fsp3) is 0.417. The van der Waals surface area contributed by atoms with E-state index >= 15 is 0 Å². The van der Waals surface area contributed by atoms with Gasteiger partial charge in [-0.1, -0.05) is 31.5 Å². The van der Waals surface area contributed by atoms with E-state index in [0.29, 0.717) is 41.6 Å². The van der Waals surface area contributed by atoms with E-state index < -0.39 is 26.2 Å². The normalized spacial score (nSPS) is 18.4. The van der Waals surface area contributed by atoms with Crippen molar-refractivity contribution in [3.63, 3.8) is 0 Å². The highest BCUT2D eigenvalue weighted by atomic mass is 32.2. The van der Waals surface area contributed by atoms with Crippen LogP contribution < -0.4 is 0 Å². The Labute approximate surface area is 210 Å². The van der Waals surface area contributed by atoms with E-state index in [-0.39, 0.29) is 28.9 Å². The molecule has 0 bridgehead atoms. The van der Waals surface area contributed by atoms with Gasteiger partial charge < -0.3 is 9.67 Å². The molecule has 10 nitrogen and oxygen atoms in total. The predicted octanol–water partition coefficient (Wildman–Crippen LogP) is 3.05. The summed E-state index contributed by atoms with van der Waals surface area (Å²) in [7, 11) is -7.26. The molecule has 1 aromatic carbocycles. The van der Waals surface area contributed by atoms with Gasteiger partial charge in [-0.15, -0.1) is 0 Å². The maximum atomic E-state index is 13.3. The lowest BCUT2D eigenvalue weighted by Crippen LogP contribution is -2.31. The molecule has 1 N–H and O–H groups in total. The standard InChI is InChI=1S/C24H29N5O5S2/c1-3-4-14-35(31,32)27-12-10-18(16-27)29-22-20-11-13-28(36(33,34)19-8-6-5-7-9-19)24(20)25-15-21(22)26-23(29)17(2)30/h5-9,11,13,15,17-18,30H,3-4,10,12,14,16H2,1-2H3. The number of aliphatic hydroxyl groups is 1. The molecule has 0 aliphatic carbocycles. The van der Waals surface area contributed by atoms with Crippen LogP contribution in [0.25, 0.3) is 22.1 Å². The van der Waals surface area contributed by atoms with Gasteiger partial charge in [0.05, 0.1) is 28.4 Å². The van der Waals surface area contributed by atoms with Crippen LogP contribution in [0.5, 0.6) is 0 Å². The number of benzene rings is 1. The summed E-state index contributed by atoms with van der Waals surface area (Å²) in [6.45, 7) is 4.22. The molecule has 4 heterocycles. The molecule has 12 heteroatoms. The van der Waals surface area contributed by atoms with Crippen LogP contribution in [0, 0.1) is 0 Å². The zero-order valence-corrected chi connectivity index (χ0v) is 21.8. The predicted molar refractivity (Wildman–Crippen MR) is 137 cm³/mol. The van der Waals surface area contributed by atoms with E-state index in [1.807, 2.05) is 11.5 Å². The van der Waals surface area contributed by atoms with Gasteiger partial charge in [-0.25, -0.2) is 30.8 Å². The molecule has 36 heavy (non-hydrogen) atoms. The zero-order valence-electron chi connectivity index (χ0n) is 20.1. The Kier molecular flexibility index (Phi) is 6.39. The molecular weight excluding hydrogens is 502 g/mol. The van der Waals surface area contributed by atoms with Crippen molar-refractivity contribution in [1.29, 1.82) is 0 Å². The molecule has 0 saturated carbocycles. The Morgan fingerprint density at radius 2 is 1.89 bits per heavy atom. The van der Waals surface area contributed by atoms with Gasteiger partial charge in [-0.2, -0.15) is 4.31 Å². The average molecular weight is 532 g/mol. The number of hydrogen-bond acceptors (Lipinski definition) is 7. The van der Waals surface area contributed by atoms with Crippen LogP contribution in [0.3, 0.4) is 0 Å². The van der Waals surface area contributed by atoms with Crippen molar-refractivity contribution < 1.29 is 21.9 Å². The molecule has 4 aromatic rings. The van der Waals surface area contributed by atoms with Gasteiger partial charge in [0.1, 0.15) is 17.4 Å². The molecule has 2 atom stereocenters. The molecule has 2 unspecified atom stereocenters. The summed E-state index contributed by atoms with van der Waals surface area (Å²) in [6, 6.07) is 9.56. The van der Waals surface area contributed by atoms with Crippen LogP contribution in [0.15, 0.2) is 53.7 Å². The first kappa shape index (κ1) is 24.9. The van der Waals surface area contributed by atoms with Crippen molar-refractivity contribution in [3.05, 3.63) is 54.6 Å². The van der Waals surface area contributed by atoms with Crippen LogP contribution in [0.2, 0.25) is 0 Å². The Morgan fingerprint density at radius 1 is 1.14 bits per heavy atom. The summed E-state index contributed by atoms with van der Waals surface area (Å²) in [5.74, 6) is 0.509. The van der Waals surface area contributed by atoms with Crippen LogP contribution in [-0.4, -0.2) is 63.6 Å². The van der Waals surface area contributed by atoms with E-state index in [2.05, 4.69) is 9.97 Å². The largest absolute Gasteiger partial charge is 0.385 e. The molecule has 3 aromatic heterocycles. The van der Waals surface area contributed by atoms with Gasteiger partial charge >= 0.3 is 0 Å². The van der Waals surface area contributed by atoms with Crippen LogP contribution in [0.4, 0.5) is 0 Å². The summed E-state index contributed by atoms with van der Waals surface area (Å²) < 4.78 is 56.8. The van der Waals surface area contributed by atoms with Gasteiger partial charge in [0.15, 0.2) is 5.65 Å². The average Bonchev–Trinajstić information content (AvgIpc) is 3.59. The monoisotopic (exact) mass is 531 g/mol. The van der Waals surface area contributed by atoms with Crippen LogP contribution >= 0.6 is 0 Å². The number of hydrogen-bond donors (Lipinski definition) is 1. The fourth-order valence-electron chi connectivity index (χ4n) is 4.86. The molecule has 1 saturated heterocycles. The molecule has 0 radical (unpaired) electrons. The minimum Gasteiger partial charge on any atom is -0.385 e. The third-order valence-corrected chi connectivity index (χ3v) is 10.3. The van der Waals surface area contributed by atoms with Crippen molar-refractivity contribution in [2.45, 2.75) is 50.2 Å². The second-order valence-electron chi connectivity index (χ2n) is 9.15. The lowest BCUT2D eigenvalue weighted by atomic mass is 10.2. The summed E-state index contributed by atoms with van der Waals surface area (Å²) in [5, 5.41) is 11.1. The van der Waals surface area contributed by atoms with Gasteiger partial charge in [0.2, 0.25) is 10.0 Å². The molecule has 1 aliphatic rings.